The molecule has 0 aromatic rings. The van der Waals surface area contributed by atoms with Crippen molar-refractivity contribution in [1.82, 2.24) is 4.90 Å². The molecule has 1 aliphatic rings. The van der Waals surface area contributed by atoms with Crippen molar-refractivity contribution in [2.24, 2.45) is 11.7 Å². The zero-order valence-corrected chi connectivity index (χ0v) is 9.50. The summed E-state index contributed by atoms with van der Waals surface area (Å²) in [5.74, 6) is 0.455. The van der Waals surface area contributed by atoms with Gasteiger partial charge in [-0.2, -0.15) is 0 Å². The van der Waals surface area contributed by atoms with Gasteiger partial charge in [-0.3, -0.25) is 0 Å². The maximum Gasteiger partial charge on any atom is 0.0923 e. The molecule has 0 aromatic heterocycles. The van der Waals surface area contributed by atoms with Gasteiger partial charge in [0.15, 0.2) is 0 Å². The zero-order valence-electron chi connectivity index (χ0n) is 9.50. The van der Waals surface area contributed by atoms with Crippen LogP contribution < -0.4 is 5.73 Å². The molecule has 3 nitrogen and oxygen atoms in total. The van der Waals surface area contributed by atoms with Crippen LogP contribution in [0.25, 0.3) is 0 Å². The van der Waals surface area contributed by atoms with Crippen LogP contribution in [0.2, 0.25) is 0 Å². The fraction of sp³-hybridized carbons (Fsp3) is 1.00. The van der Waals surface area contributed by atoms with Crippen molar-refractivity contribution in [3.63, 3.8) is 0 Å². The molecule has 1 unspecified atom stereocenters. The third-order valence-electron chi connectivity index (χ3n) is 3.13. The van der Waals surface area contributed by atoms with Gasteiger partial charge in [-0.1, -0.05) is 13.3 Å². The summed E-state index contributed by atoms with van der Waals surface area (Å²) in [5.41, 5.74) is 5.03. The summed E-state index contributed by atoms with van der Waals surface area (Å²) in [7, 11) is 2.07. The van der Waals surface area contributed by atoms with Crippen molar-refractivity contribution in [3.05, 3.63) is 0 Å². The van der Waals surface area contributed by atoms with E-state index in [0.717, 1.165) is 25.9 Å². The average Bonchev–Trinajstić information content (AvgIpc) is 2.97. The second-order valence-corrected chi connectivity index (χ2v) is 4.67. The van der Waals surface area contributed by atoms with Gasteiger partial charge in [-0.05, 0) is 38.8 Å². The SMILES string of the molecule is CCCCN(C)CC(O)(CN)C1CC1. The lowest BCUT2D eigenvalue weighted by Crippen LogP contribution is -2.49. The molecule has 1 fully saturated rings. The number of aliphatic hydroxyl groups is 1. The normalized spacial score (nSPS) is 21.2. The Hall–Kier alpha value is -0.120. The molecule has 14 heavy (non-hydrogen) atoms. The lowest BCUT2D eigenvalue weighted by Gasteiger charge is -2.31. The Labute approximate surface area is 87.3 Å². The third kappa shape index (κ3) is 3.23. The molecule has 0 heterocycles. The maximum atomic E-state index is 10.3. The van der Waals surface area contributed by atoms with Gasteiger partial charge >= 0.3 is 0 Å². The number of nitrogens with zero attached hydrogens (tertiary/aromatic N) is 1. The molecule has 1 saturated carbocycles. The molecule has 0 aromatic carbocycles. The Bertz CT molecular complexity index is 171. The second kappa shape index (κ2) is 5.10. The van der Waals surface area contributed by atoms with E-state index in [2.05, 4.69) is 18.9 Å². The molecule has 3 N–H and O–H groups in total. The van der Waals surface area contributed by atoms with E-state index < -0.39 is 5.60 Å². The molecule has 84 valence electrons. The molecule has 1 atom stereocenters. The zero-order chi connectivity index (χ0) is 10.6. The van der Waals surface area contributed by atoms with Crippen LogP contribution in [0.1, 0.15) is 32.6 Å². The lowest BCUT2D eigenvalue weighted by atomic mass is 9.97. The minimum Gasteiger partial charge on any atom is -0.387 e. The summed E-state index contributed by atoms with van der Waals surface area (Å²) in [6.07, 6.45) is 4.70. The summed E-state index contributed by atoms with van der Waals surface area (Å²) < 4.78 is 0. The first-order chi connectivity index (χ1) is 6.62. The topological polar surface area (TPSA) is 49.5 Å². The summed E-state index contributed by atoms with van der Waals surface area (Å²) in [6, 6.07) is 0. The molecule has 0 saturated heterocycles. The van der Waals surface area contributed by atoms with E-state index >= 15 is 0 Å². The van der Waals surface area contributed by atoms with Crippen LogP contribution in [0, 0.1) is 5.92 Å². The summed E-state index contributed by atoms with van der Waals surface area (Å²) in [5, 5.41) is 10.3. The monoisotopic (exact) mass is 200 g/mol. The molecule has 1 aliphatic carbocycles. The summed E-state index contributed by atoms with van der Waals surface area (Å²) in [6.45, 7) is 4.37. The first-order valence-electron chi connectivity index (χ1n) is 5.73. The van der Waals surface area contributed by atoms with Crippen LogP contribution in [0.15, 0.2) is 0 Å². The van der Waals surface area contributed by atoms with E-state index in [1.165, 1.54) is 12.8 Å². The van der Waals surface area contributed by atoms with Crippen LogP contribution in [-0.2, 0) is 0 Å². The standard InChI is InChI=1S/C11H24N2O/c1-3-4-7-13(2)9-11(14,8-12)10-5-6-10/h10,14H,3-9,12H2,1-2H3. The molecule has 1 rings (SSSR count). The minimum atomic E-state index is -0.623. The highest BCUT2D eigenvalue weighted by atomic mass is 16.3. The van der Waals surface area contributed by atoms with Crippen molar-refractivity contribution in [2.75, 3.05) is 26.7 Å². The van der Waals surface area contributed by atoms with Gasteiger partial charge in [0, 0.05) is 13.1 Å². The molecule has 3 heteroatoms. The van der Waals surface area contributed by atoms with E-state index in [1.54, 1.807) is 0 Å². The van der Waals surface area contributed by atoms with Crippen molar-refractivity contribution in [1.29, 1.82) is 0 Å². The molecular weight excluding hydrogens is 176 g/mol. The Kier molecular flexibility index (Phi) is 4.35. The highest BCUT2D eigenvalue weighted by molar-refractivity contribution is 4.97. The van der Waals surface area contributed by atoms with Crippen molar-refractivity contribution in [3.8, 4) is 0 Å². The molecular formula is C11H24N2O. The van der Waals surface area contributed by atoms with Gasteiger partial charge in [-0.15, -0.1) is 0 Å². The number of unbranched alkanes of at least 4 members (excludes halogenated alkanes) is 1. The lowest BCUT2D eigenvalue weighted by molar-refractivity contribution is -0.00224. The summed E-state index contributed by atoms with van der Waals surface area (Å²) in [4.78, 5) is 2.20. The molecule has 0 amide bonds. The number of hydrogen-bond acceptors (Lipinski definition) is 3. The van der Waals surface area contributed by atoms with E-state index in [1.807, 2.05) is 0 Å². The number of hydrogen-bond donors (Lipinski definition) is 2. The highest BCUT2D eigenvalue weighted by Gasteiger charge is 2.43. The van der Waals surface area contributed by atoms with Gasteiger partial charge in [0.2, 0.25) is 0 Å². The smallest absolute Gasteiger partial charge is 0.0923 e. The second-order valence-electron chi connectivity index (χ2n) is 4.67. The Balaban J connectivity index is 2.31. The van der Waals surface area contributed by atoms with Gasteiger partial charge in [-0.25, -0.2) is 0 Å². The van der Waals surface area contributed by atoms with Crippen LogP contribution in [0.5, 0.6) is 0 Å². The van der Waals surface area contributed by atoms with Crippen LogP contribution >= 0.6 is 0 Å². The molecule has 0 bridgehead atoms. The predicted octanol–water partition coefficient (Wildman–Crippen LogP) is 0.818. The highest BCUT2D eigenvalue weighted by Crippen LogP contribution is 2.39. The largest absolute Gasteiger partial charge is 0.387 e. The van der Waals surface area contributed by atoms with Gasteiger partial charge in [0.1, 0.15) is 0 Å². The summed E-state index contributed by atoms with van der Waals surface area (Å²) >= 11 is 0. The van der Waals surface area contributed by atoms with E-state index in [9.17, 15) is 5.11 Å². The third-order valence-corrected chi connectivity index (χ3v) is 3.13. The average molecular weight is 200 g/mol. The molecule has 0 spiro atoms. The van der Waals surface area contributed by atoms with E-state index in [-0.39, 0.29) is 0 Å². The van der Waals surface area contributed by atoms with Gasteiger partial charge < -0.3 is 15.7 Å². The Morgan fingerprint density at radius 3 is 2.57 bits per heavy atom. The number of likely N-dealkylation sites (N-methyl/N-ethyl adjacent to an activating group) is 1. The van der Waals surface area contributed by atoms with Gasteiger partial charge in [0.25, 0.3) is 0 Å². The van der Waals surface area contributed by atoms with E-state index in [4.69, 9.17) is 5.73 Å². The Morgan fingerprint density at radius 2 is 2.14 bits per heavy atom. The maximum absolute atomic E-state index is 10.3. The van der Waals surface area contributed by atoms with Crippen molar-refractivity contribution >= 4 is 0 Å². The van der Waals surface area contributed by atoms with Crippen LogP contribution in [0.3, 0.4) is 0 Å². The molecule has 0 aliphatic heterocycles. The fourth-order valence-corrected chi connectivity index (χ4v) is 1.96. The van der Waals surface area contributed by atoms with Gasteiger partial charge in [0.05, 0.1) is 5.60 Å². The number of nitrogens with two attached hydrogens (primary N) is 1. The quantitative estimate of drug-likeness (QED) is 0.639. The van der Waals surface area contributed by atoms with E-state index in [0.29, 0.717) is 12.5 Å². The first kappa shape index (κ1) is 12.0. The van der Waals surface area contributed by atoms with Crippen LogP contribution in [0.4, 0.5) is 0 Å². The Morgan fingerprint density at radius 1 is 1.50 bits per heavy atom. The van der Waals surface area contributed by atoms with Crippen molar-refractivity contribution < 1.29 is 5.11 Å². The first-order valence-corrected chi connectivity index (χ1v) is 5.73. The number of rotatable bonds is 7. The molecule has 0 radical (unpaired) electrons. The predicted molar refractivity (Wildman–Crippen MR) is 59.1 cm³/mol. The van der Waals surface area contributed by atoms with Crippen LogP contribution in [-0.4, -0.2) is 42.3 Å². The fourth-order valence-electron chi connectivity index (χ4n) is 1.96. The van der Waals surface area contributed by atoms with Crippen molar-refractivity contribution in [2.45, 2.75) is 38.2 Å². The minimum absolute atomic E-state index is 0.397.